The Hall–Kier alpha value is -6.44. The summed E-state index contributed by atoms with van der Waals surface area (Å²) in [6.45, 7) is 29.0. The average molecular weight is 977 g/mol. The minimum atomic E-state index is -0.362. The van der Waals surface area contributed by atoms with Crippen molar-refractivity contribution >= 4 is 23.6 Å². The van der Waals surface area contributed by atoms with Crippen LogP contribution in [0.25, 0.3) is 0 Å². The Kier molecular flexibility index (Phi) is 16.0. The predicted octanol–water partition coefficient (Wildman–Crippen LogP) is 10.1. The van der Waals surface area contributed by atoms with Gasteiger partial charge in [0.25, 0.3) is 0 Å². The lowest BCUT2D eigenvalue weighted by Crippen LogP contribution is -2.35. The lowest BCUT2D eigenvalue weighted by molar-refractivity contribution is -0.140. The van der Waals surface area contributed by atoms with Gasteiger partial charge in [-0.2, -0.15) is 0 Å². The van der Waals surface area contributed by atoms with Gasteiger partial charge in [-0.3, -0.25) is 19.2 Å². The van der Waals surface area contributed by atoms with E-state index in [0.29, 0.717) is 56.5 Å². The molecule has 5 aliphatic heterocycles. The van der Waals surface area contributed by atoms with Crippen LogP contribution in [0.4, 0.5) is 0 Å². The molecule has 0 aromatic heterocycles. The van der Waals surface area contributed by atoms with Crippen LogP contribution in [-0.2, 0) is 71.5 Å². The first-order chi connectivity index (χ1) is 33.2. The number of methoxy groups -OCH3 is 4. The Balaban J connectivity index is 0.000000156. The van der Waals surface area contributed by atoms with E-state index < -0.39 is 0 Å². The first-order valence-electron chi connectivity index (χ1n) is 24.3. The third kappa shape index (κ3) is 12.2. The maximum atomic E-state index is 12.3. The van der Waals surface area contributed by atoms with Gasteiger partial charge in [0.05, 0.1) is 41.5 Å². The van der Waals surface area contributed by atoms with Crippen LogP contribution in [-0.4, -0.2) is 78.5 Å². The summed E-state index contributed by atoms with van der Waals surface area (Å²) in [6.07, 6.45) is 0. The average Bonchev–Trinajstić information content (AvgIpc) is 4.17. The van der Waals surface area contributed by atoms with E-state index >= 15 is 0 Å². The van der Waals surface area contributed by atoms with E-state index in [1.54, 1.807) is 28.4 Å². The molecule has 9 rings (SSSR count). The van der Waals surface area contributed by atoms with Gasteiger partial charge in [0, 0.05) is 72.1 Å². The van der Waals surface area contributed by atoms with Crippen LogP contribution in [0.15, 0.2) is 60.7 Å². The fourth-order valence-corrected chi connectivity index (χ4v) is 9.18. The summed E-state index contributed by atoms with van der Waals surface area (Å²) in [6, 6.07) is 20.0. The molecule has 0 aliphatic carbocycles. The normalized spacial score (nSPS) is 15.2. The number of rotatable bonds is 4. The molecular weight excluding hydrogens is 901 g/mol. The van der Waals surface area contributed by atoms with E-state index in [0.717, 1.165) is 63.7 Å². The fraction of sp³-hybridized carbons (Fsp3) is 0.509. The maximum absolute atomic E-state index is 12.3. The van der Waals surface area contributed by atoms with E-state index in [2.05, 4.69) is 12.1 Å². The molecule has 4 aromatic carbocycles. The fourth-order valence-electron chi connectivity index (χ4n) is 9.18. The third-order valence-corrected chi connectivity index (χ3v) is 12.9. The zero-order valence-corrected chi connectivity index (χ0v) is 45.0. The molecule has 4 aromatic rings. The van der Waals surface area contributed by atoms with Crippen molar-refractivity contribution in [2.75, 3.05) is 35.2 Å². The summed E-state index contributed by atoms with van der Waals surface area (Å²) in [7, 11) is 6.50. The second kappa shape index (κ2) is 21.1. The highest BCUT2D eigenvalue weighted by molar-refractivity contribution is 5.84. The summed E-state index contributed by atoms with van der Waals surface area (Å²) in [4.78, 5) is 56.6. The number of amides is 4. The smallest absolute Gasteiger partial charge is 0.231 e. The Morgan fingerprint density at radius 1 is 0.408 bits per heavy atom. The predicted molar refractivity (Wildman–Crippen MR) is 273 cm³/mol. The topological polar surface area (TPSA) is 137 Å². The molecule has 0 bridgehead atoms. The van der Waals surface area contributed by atoms with Crippen molar-refractivity contribution in [3.63, 3.8) is 0 Å². The van der Waals surface area contributed by atoms with Crippen molar-refractivity contribution in [3.05, 3.63) is 105 Å². The van der Waals surface area contributed by atoms with Crippen LogP contribution in [0, 0.1) is 21.7 Å². The summed E-state index contributed by atoms with van der Waals surface area (Å²) >= 11 is 0. The molecule has 0 saturated carbocycles. The molecular formula is C57H76N4O10. The number of ether oxygens (including phenoxy) is 6. The second-order valence-corrected chi connectivity index (χ2v) is 22.8. The van der Waals surface area contributed by atoms with Crippen molar-refractivity contribution in [3.8, 4) is 34.5 Å². The number of hydrogen-bond acceptors (Lipinski definition) is 10. The Bertz CT molecular complexity index is 2570. The van der Waals surface area contributed by atoms with Gasteiger partial charge in [-0.1, -0.05) is 119 Å². The zero-order valence-electron chi connectivity index (χ0n) is 45.0. The molecule has 71 heavy (non-hydrogen) atoms. The monoisotopic (exact) mass is 977 g/mol. The molecule has 5 aliphatic rings. The van der Waals surface area contributed by atoms with Crippen LogP contribution in [0.5, 0.6) is 34.5 Å². The van der Waals surface area contributed by atoms with Crippen LogP contribution in [0.2, 0.25) is 0 Å². The highest BCUT2D eigenvalue weighted by atomic mass is 16.7. The summed E-state index contributed by atoms with van der Waals surface area (Å²) in [5, 5.41) is 0. The minimum Gasteiger partial charge on any atom is -0.493 e. The minimum absolute atomic E-state index is 0.157. The van der Waals surface area contributed by atoms with Crippen molar-refractivity contribution in [2.45, 2.75) is 135 Å². The number of carbonyl (C=O) groups is 4. The van der Waals surface area contributed by atoms with Gasteiger partial charge >= 0.3 is 0 Å². The van der Waals surface area contributed by atoms with E-state index in [9.17, 15) is 19.2 Å². The number of hydrogen-bond donors (Lipinski definition) is 0. The van der Waals surface area contributed by atoms with Crippen LogP contribution < -0.4 is 28.4 Å². The molecule has 4 amide bonds. The first-order valence-corrected chi connectivity index (χ1v) is 24.3. The molecule has 14 nitrogen and oxygen atoms in total. The summed E-state index contributed by atoms with van der Waals surface area (Å²) < 4.78 is 32.2. The van der Waals surface area contributed by atoms with Crippen LogP contribution >= 0.6 is 0 Å². The van der Waals surface area contributed by atoms with E-state index in [1.807, 2.05) is 151 Å². The summed E-state index contributed by atoms with van der Waals surface area (Å²) in [5.41, 5.74) is 7.96. The second-order valence-electron chi connectivity index (χ2n) is 22.8. The number of benzene rings is 4. The summed E-state index contributed by atoms with van der Waals surface area (Å²) in [5.74, 6) is 5.22. The molecule has 0 unspecified atom stereocenters. The van der Waals surface area contributed by atoms with Gasteiger partial charge in [-0.15, -0.1) is 0 Å². The maximum Gasteiger partial charge on any atom is 0.231 e. The number of carbonyl (C=O) groups excluding carboxylic acids is 4. The van der Waals surface area contributed by atoms with Crippen LogP contribution in [0.3, 0.4) is 0 Å². The zero-order chi connectivity index (χ0) is 52.4. The van der Waals surface area contributed by atoms with Gasteiger partial charge < -0.3 is 48.0 Å². The molecule has 5 heterocycles. The molecule has 0 N–H and O–H groups in total. The van der Waals surface area contributed by atoms with Gasteiger partial charge in [0.2, 0.25) is 30.4 Å². The molecule has 0 radical (unpaired) electrons. The van der Waals surface area contributed by atoms with E-state index in [4.69, 9.17) is 28.4 Å². The standard InChI is InChI=1S/2C15H21NO3.C14H17NO3.C13H17NO/c1-15(2,3)14(17)16-8-10-6-12(18-4)13(19-5)7-11(10)9-16;1-15(2,3)14(17)16-8-10-6-7-12(18-4)13(19-5)11(10)9-16;1-14(2,3)13(16)15-6-9-4-5-11-12(10(9)7-15)18-8-17-11;1-13(2,3)12(15)14-8-10-6-4-5-7-11(10)9-14/h2*6-7H,8-9H2,1-5H3;4-5H,6-8H2,1-3H3;4-7H,8-9H2,1-3H3. The Morgan fingerprint density at radius 3 is 1.18 bits per heavy atom. The van der Waals surface area contributed by atoms with E-state index in [-0.39, 0.29) is 52.1 Å². The molecule has 384 valence electrons. The number of fused-ring (bicyclic) bond motifs is 6. The SMILES string of the molecule is CC(C)(C)C(=O)N1Cc2ccc3c(c2C1)OCO3.CC(C)(C)C(=O)N1Cc2ccccc2C1.COc1cc2c(cc1OC)CN(C(=O)C(C)(C)C)C2.COc1ccc2c(c1OC)CN(C(=O)C(C)(C)C)C2. The Morgan fingerprint density at radius 2 is 0.775 bits per heavy atom. The molecule has 0 fully saturated rings. The van der Waals surface area contributed by atoms with Crippen molar-refractivity contribution < 1.29 is 47.6 Å². The van der Waals surface area contributed by atoms with Crippen LogP contribution in [0.1, 0.15) is 128 Å². The van der Waals surface area contributed by atoms with Gasteiger partial charge in [-0.05, 0) is 57.6 Å². The number of nitrogens with zero attached hydrogens (tertiary/aromatic N) is 4. The van der Waals surface area contributed by atoms with Gasteiger partial charge in [-0.25, -0.2) is 0 Å². The van der Waals surface area contributed by atoms with Crippen molar-refractivity contribution in [1.29, 1.82) is 0 Å². The van der Waals surface area contributed by atoms with Crippen molar-refractivity contribution in [1.82, 2.24) is 19.6 Å². The lowest BCUT2D eigenvalue weighted by atomic mass is 9.95. The quantitative estimate of drug-likeness (QED) is 0.194. The highest BCUT2D eigenvalue weighted by Gasteiger charge is 2.37. The Labute approximate surface area is 421 Å². The molecule has 14 heteroatoms. The lowest BCUT2D eigenvalue weighted by Gasteiger charge is -2.25. The molecule has 0 saturated heterocycles. The van der Waals surface area contributed by atoms with E-state index in [1.165, 1.54) is 11.1 Å². The van der Waals surface area contributed by atoms with Gasteiger partial charge in [0.15, 0.2) is 34.5 Å². The van der Waals surface area contributed by atoms with Crippen molar-refractivity contribution in [2.24, 2.45) is 21.7 Å². The highest BCUT2D eigenvalue weighted by Crippen LogP contribution is 2.43. The first kappa shape index (κ1) is 53.9. The molecule has 0 atom stereocenters. The third-order valence-electron chi connectivity index (χ3n) is 12.9. The molecule has 0 spiro atoms. The largest absolute Gasteiger partial charge is 0.493 e. The van der Waals surface area contributed by atoms with Gasteiger partial charge in [0.1, 0.15) is 0 Å².